The first kappa shape index (κ1) is 10.2. The summed E-state index contributed by atoms with van der Waals surface area (Å²) in [5, 5.41) is 0. The number of aldehydes is 1. The molecule has 0 aliphatic carbocycles. The minimum atomic E-state index is -4.26. The number of alkyl halides is 3. The standard InChI is InChI=1S/C7H9F3O/c1-2-3-6(5-11)4-7(8,9)10/h2,5-6H,1,3-4H2. The van der Waals surface area contributed by atoms with Crippen LogP contribution in [0.3, 0.4) is 0 Å². The third-order valence-corrected chi connectivity index (χ3v) is 1.16. The van der Waals surface area contributed by atoms with Gasteiger partial charge in [0, 0.05) is 5.92 Å². The van der Waals surface area contributed by atoms with Gasteiger partial charge in [-0.3, -0.25) is 0 Å². The largest absolute Gasteiger partial charge is 0.389 e. The fourth-order valence-electron chi connectivity index (χ4n) is 0.698. The molecule has 0 aliphatic rings. The van der Waals surface area contributed by atoms with Gasteiger partial charge in [0.15, 0.2) is 0 Å². The maximum Gasteiger partial charge on any atom is 0.389 e. The molecule has 0 fully saturated rings. The van der Waals surface area contributed by atoms with Gasteiger partial charge in [0.1, 0.15) is 6.29 Å². The van der Waals surface area contributed by atoms with E-state index in [0.29, 0.717) is 6.29 Å². The number of carbonyl (C=O) groups excluding carboxylic acids is 1. The van der Waals surface area contributed by atoms with E-state index in [0.717, 1.165) is 0 Å². The molecule has 4 heteroatoms. The van der Waals surface area contributed by atoms with Gasteiger partial charge >= 0.3 is 6.18 Å². The SMILES string of the molecule is C=CCC(C=O)CC(F)(F)F. The van der Waals surface area contributed by atoms with E-state index in [1.807, 2.05) is 0 Å². The van der Waals surface area contributed by atoms with Crippen molar-refractivity contribution in [3.8, 4) is 0 Å². The fraction of sp³-hybridized carbons (Fsp3) is 0.571. The Bertz CT molecular complexity index is 139. The summed E-state index contributed by atoms with van der Waals surface area (Å²) in [6, 6.07) is 0. The quantitative estimate of drug-likeness (QED) is 0.462. The molecule has 0 spiro atoms. The van der Waals surface area contributed by atoms with Crippen LogP contribution < -0.4 is 0 Å². The number of rotatable bonds is 4. The number of allylic oxidation sites excluding steroid dienone is 1. The summed E-state index contributed by atoms with van der Waals surface area (Å²) in [7, 11) is 0. The summed E-state index contributed by atoms with van der Waals surface area (Å²) in [5.41, 5.74) is 0. The van der Waals surface area contributed by atoms with Crippen molar-refractivity contribution < 1.29 is 18.0 Å². The minimum Gasteiger partial charge on any atom is -0.303 e. The lowest BCUT2D eigenvalue weighted by Gasteiger charge is -2.09. The van der Waals surface area contributed by atoms with Crippen LogP contribution in [0.5, 0.6) is 0 Å². The summed E-state index contributed by atoms with van der Waals surface area (Å²) in [6.45, 7) is 3.25. The molecule has 0 heterocycles. The highest BCUT2D eigenvalue weighted by atomic mass is 19.4. The highest BCUT2D eigenvalue weighted by Crippen LogP contribution is 2.25. The van der Waals surface area contributed by atoms with Crippen molar-refractivity contribution in [3.05, 3.63) is 12.7 Å². The molecule has 1 atom stereocenters. The normalized spacial score (nSPS) is 14.1. The van der Waals surface area contributed by atoms with E-state index >= 15 is 0 Å². The Morgan fingerprint density at radius 2 is 2.00 bits per heavy atom. The van der Waals surface area contributed by atoms with Crippen LogP contribution in [0, 0.1) is 5.92 Å². The van der Waals surface area contributed by atoms with Crippen LogP contribution in [-0.2, 0) is 4.79 Å². The second-order valence-electron chi connectivity index (χ2n) is 2.24. The monoisotopic (exact) mass is 166 g/mol. The number of halogens is 3. The lowest BCUT2D eigenvalue weighted by atomic mass is 10.0. The van der Waals surface area contributed by atoms with Crippen LogP contribution in [0.4, 0.5) is 13.2 Å². The van der Waals surface area contributed by atoms with E-state index in [1.165, 1.54) is 6.08 Å². The van der Waals surface area contributed by atoms with Gasteiger partial charge in [-0.25, -0.2) is 0 Å². The average molecular weight is 166 g/mol. The number of hydrogen-bond acceptors (Lipinski definition) is 1. The second kappa shape index (κ2) is 4.16. The van der Waals surface area contributed by atoms with Crippen LogP contribution in [-0.4, -0.2) is 12.5 Å². The van der Waals surface area contributed by atoms with Crippen molar-refractivity contribution in [1.29, 1.82) is 0 Å². The smallest absolute Gasteiger partial charge is 0.303 e. The Morgan fingerprint density at radius 3 is 2.27 bits per heavy atom. The molecule has 0 saturated carbocycles. The number of hydrogen-bond donors (Lipinski definition) is 0. The highest BCUT2D eigenvalue weighted by molar-refractivity contribution is 5.53. The lowest BCUT2D eigenvalue weighted by Crippen LogP contribution is -2.15. The Labute approximate surface area is 62.9 Å². The van der Waals surface area contributed by atoms with Crippen LogP contribution in [0.1, 0.15) is 12.8 Å². The van der Waals surface area contributed by atoms with Gasteiger partial charge in [-0.2, -0.15) is 13.2 Å². The molecule has 0 aromatic heterocycles. The van der Waals surface area contributed by atoms with E-state index < -0.39 is 18.5 Å². The van der Waals surface area contributed by atoms with Crippen molar-refractivity contribution in [2.75, 3.05) is 0 Å². The molecule has 0 rings (SSSR count). The number of carbonyl (C=O) groups is 1. The molecule has 0 amide bonds. The van der Waals surface area contributed by atoms with Gasteiger partial charge in [0.25, 0.3) is 0 Å². The Balaban J connectivity index is 3.87. The van der Waals surface area contributed by atoms with Crippen molar-refractivity contribution in [3.63, 3.8) is 0 Å². The molecular weight excluding hydrogens is 157 g/mol. The lowest BCUT2D eigenvalue weighted by molar-refractivity contribution is -0.148. The molecular formula is C7H9F3O. The molecule has 0 aliphatic heterocycles. The zero-order valence-electron chi connectivity index (χ0n) is 5.90. The molecule has 1 nitrogen and oxygen atoms in total. The van der Waals surface area contributed by atoms with E-state index in [9.17, 15) is 18.0 Å². The van der Waals surface area contributed by atoms with E-state index in [1.54, 1.807) is 0 Å². The van der Waals surface area contributed by atoms with Gasteiger partial charge in [-0.15, -0.1) is 6.58 Å². The van der Waals surface area contributed by atoms with Crippen molar-refractivity contribution >= 4 is 6.29 Å². The summed E-state index contributed by atoms with van der Waals surface area (Å²) in [4.78, 5) is 10.0. The summed E-state index contributed by atoms with van der Waals surface area (Å²) in [6.07, 6.45) is -3.60. The Morgan fingerprint density at radius 1 is 1.45 bits per heavy atom. The fourth-order valence-corrected chi connectivity index (χ4v) is 0.698. The van der Waals surface area contributed by atoms with Gasteiger partial charge in [-0.05, 0) is 6.42 Å². The molecule has 0 aromatic carbocycles. The van der Waals surface area contributed by atoms with Gasteiger partial charge < -0.3 is 4.79 Å². The predicted octanol–water partition coefficient (Wildman–Crippen LogP) is 2.33. The first-order chi connectivity index (χ1) is 4.99. The summed E-state index contributed by atoms with van der Waals surface area (Å²) < 4.78 is 34.9. The third-order valence-electron chi connectivity index (χ3n) is 1.16. The second-order valence-corrected chi connectivity index (χ2v) is 2.24. The Hall–Kier alpha value is -0.800. The van der Waals surface area contributed by atoms with E-state index in [-0.39, 0.29) is 6.42 Å². The molecule has 1 unspecified atom stereocenters. The van der Waals surface area contributed by atoms with Crippen LogP contribution in [0.25, 0.3) is 0 Å². The zero-order chi connectivity index (χ0) is 8.91. The summed E-state index contributed by atoms with van der Waals surface area (Å²) in [5.74, 6) is -0.965. The maximum absolute atomic E-state index is 11.6. The predicted molar refractivity (Wildman–Crippen MR) is 35.0 cm³/mol. The third kappa shape index (κ3) is 5.63. The first-order valence-corrected chi connectivity index (χ1v) is 3.12. The molecule has 0 aromatic rings. The average Bonchev–Trinajstić information content (AvgIpc) is 1.84. The van der Waals surface area contributed by atoms with Gasteiger partial charge in [-0.1, -0.05) is 6.08 Å². The van der Waals surface area contributed by atoms with Crippen LogP contribution in [0.2, 0.25) is 0 Å². The van der Waals surface area contributed by atoms with Crippen LogP contribution >= 0.6 is 0 Å². The van der Waals surface area contributed by atoms with E-state index in [2.05, 4.69) is 6.58 Å². The molecule has 0 saturated heterocycles. The van der Waals surface area contributed by atoms with Crippen molar-refractivity contribution in [2.24, 2.45) is 5.92 Å². The molecule has 64 valence electrons. The van der Waals surface area contributed by atoms with Crippen molar-refractivity contribution in [2.45, 2.75) is 19.0 Å². The van der Waals surface area contributed by atoms with Gasteiger partial charge in [0.2, 0.25) is 0 Å². The minimum absolute atomic E-state index is 0.0863. The van der Waals surface area contributed by atoms with E-state index in [4.69, 9.17) is 0 Å². The highest BCUT2D eigenvalue weighted by Gasteiger charge is 2.30. The van der Waals surface area contributed by atoms with Gasteiger partial charge in [0.05, 0.1) is 6.42 Å². The summed E-state index contributed by atoms with van der Waals surface area (Å²) >= 11 is 0. The zero-order valence-corrected chi connectivity index (χ0v) is 5.90. The first-order valence-electron chi connectivity index (χ1n) is 3.12. The van der Waals surface area contributed by atoms with Crippen molar-refractivity contribution in [1.82, 2.24) is 0 Å². The van der Waals surface area contributed by atoms with Crippen LogP contribution in [0.15, 0.2) is 12.7 Å². The molecule has 0 bridgehead atoms. The maximum atomic E-state index is 11.6. The Kier molecular flexibility index (Phi) is 3.85. The molecule has 0 radical (unpaired) electrons. The molecule has 11 heavy (non-hydrogen) atoms. The molecule has 0 N–H and O–H groups in total. The topological polar surface area (TPSA) is 17.1 Å².